The number of hydrogen-bond donors (Lipinski definition) is 3. The second kappa shape index (κ2) is 11.0. The molecule has 1 aliphatic heterocycles. The van der Waals surface area contributed by atoms with Gasteiger partial charge in [-0.05, 0) is 86.1 Å². The van der Waals surface area contributed by atoms with Gasteiger partial charge < -0.3 is 11.1 Å². The van der Waals surface area contributed by atoms with Crippen LogP contribution in [0.3, 0.4) is 0 Å². The van der Waals surface area contributed by atoms with Gasteiger partial charge in [0, 0.05) is 42.3 Å². The molecule has 2 aromatic carbocycles. The van der Waals surface area contributed by atoms with Gasteiger partial charge in [-0.25, -0.2) is 5.84 Å². The molecule has 0 radical (unpaired) electrons. The van der Waals surface area contributed by atoms with Crippen molar-refractivity contribution >= 4 is 23.0 Å². The molecule has 8 nitrogen and oxygen atoms in total. The van der Waals surface area contributed by atoms with Gasteiger partial charge in [-0.15, -0.1) is 0 Å². The van der Waals surface area contributed by atoms with E-state index in [-0.39, 0.29) is 11.3 Å². The second-order valence-electron chi connectivity index (χ2n) is 11.4. The SMILES string of the molecule is Cc1ccc(NC(=O)c2cc(CN3CCCC3)cc(C(C)(C)C)c2)cc1N(N)/C=C(\N)c1cnn(C)c1C. The first-order chi connectivity index (χ1) is 17.9. The first kappa shape index (κ1) is 27.4. The molecule has 0 saturated carbocycles. The number of amides is 1. The molecule has 1 amide bonds. The Kier molecular flexibility index (Phi) is 7.94. The Morgan fingerprint density at radius 1 is 1.13 bits per heavy atom. The minimum Gasteiger partial charge on any atom is -0.397 e. The van der Waals surface area contributed by atoms with Crippen molar-refractivity contribution in [3.63, 3.8) is 0 Å². The highest BCUT2D eigenvalue weighted by molar-refractivity contribution is 6.04. The predicted molar refractivity (Wildman–Crippen MR) is 156 cm³/mol. The van der Waals surface area contributed by atoms with Gasteiger partial charge in [-0.2, -0.15) is 5.10 Å². The maximum absolute atomic E-state index is 13.4. The molecule has 0 aliphatic carbocycles. The van der Waals surface area contributed by atoms with Crippen molar-refractivity contribution in [2.45, 2.75) is 59.4 Å². The number of carbonyl (C=O) groups is 1. The van der Waals surface area contributed by atoms with Crippen molar-refractivity contribution in [2.75, 3.05) is 23.4 Å². The highest BCUT2D eigenvalue weighted by Gasteiger charge is 2.20. The van der Waals surface area contributed by atoms with Crippen molar-refractivity contribution in [3.05, 3.63) is 82.3 Å². The summed E-state index contributed by atoms with van der Waals surface area (Å²) in [5.74, 6) is 6.26. The van der Waals surface area contributed by atoms with Gasteiger partial charge in [0.25, 0.3) is 5.91 Å². The molecular weight excluding hydrogens is 474 g/mol. The van der Waals surface area contributed by atoms with E-state index >= 15 is 0 Å². The van der Waals surface area contributed by atoms with E-state index in [2.05, 4.69) is 42.2 Å². The Morgan fingerprint density at radius 3 is 2.47 bits per heavy atom. The summed E-state index contributed by atoms with van der Waals surface area (Å²) in [5, 5.41) is 8.82. The van der Waals surface area contributed by atoms with Crippen LogP contribution in [0, 0.1) is 13.8 Å². The summed E-state index contributed by atoms with van der Waals surface area (Å²) in [4.78, 5) is 15.9. The van der Waals surface area contributed by atoms with E-state index in [1.165, 1.54) is 23.4 Å². The van der Waals surface area contributed by atoms with E-state index in [1.54, 1.807) is 17.1 Å². The normalized spacial score (nSPS) is 14.7. The lowest BCUT2D eigenvalue weighted by molar-refractivity contribution is 0.102. The summed E-state index contributed by atoms with van der Waals surface area (Å²) in [6, 6.07) is 12.0. The van der Waals surface area contributed by atoms with Crippen molar-refractivity contribution in [1.29, 1.82) is 0 Å². The lowest BCUT2D eigenvalue weighted by atomic mass is 9.85. The molecule has 0 atom stereocenters. The number of nitrogens with zero attached hydrogens (tertiary/aromatic N) is 4. The van der Waals surface area contributed by atoms with Crippen molar-refractivity contribution < 1.29 is 4.79 Å². The molecule has 0 unspecified atom stereocenters. The zero-order valence-corrected chi connectivity index (χ0v) is 23.5. The third kappa shape index (κ3) is 6.26. The van der Waals surface area contributed by atoms with Crippen LogP contribution in [0.5, 0.6) is 0 Å². The van der Waals surface area contributed by atoms with Gasteiger partial charge in [-0.1, -0.05) is 32.9 Å². The molecule has 1 saturated heterocycles. The molecule has 0 spiro atoms. The highest BCUT2D eigenvalue weighted by atomic mass is 16.1. The van der Waals surface area contributed by atoms with Gasteiger partial charge >= 0.3 is 0 Å². The molecule has 5 N–H and O–H groups in total. The third-order valence-corrected chi connectivity index (χ3v) is 7.30. The number of aromatic nitrogens is 2. The summed E-state index contributed by atoms with van der Waals surface area (Å²) in [6.07, 6.45) is 5.88. The number of anilines is 2. The molecule has 38 heavy (non-hydrogen) atoms. The summed E-state index contributed by atoms with van der Waals surface area (Å²) >= 11 is 0. The van der Waals surface area contributed by atoms with Crippen LogP contribution in [0.25, 0.3) is 5.70 Å². The Hall–Kier alpha value is -3.62. The lowest BCUT2D eigenvalue weighted by Gasteiger charge is -2.23. The fourth-order valence-electron chi connectivity index (χ4n) is 4.79. The van der Waals surface area contributed by atoms with Crippen LogP contribution in [0.1, 0.15) is 71.9 Å². The molecule has 1 aliphatic rings. The number of nitrogens with one attached hydrogen (secondary N) is 1. The smallest absolute Gasteiger partial charge is 0.255 e. The van der Waals surface area contributed by atoms with Crippen LogP contribution >= 0.6 is 0 Å². The summed E-state index contributed by atoms with van der Waals surface area (Å²) < 4.78 is 1.77. The number of likely N-dealkylation sites (tertiary alicyclic amines) is 1. The lowest BCUT2D eigenvalue weighted by Crippen LogP contribution is -2.27. The van der Waals surface area contributed by atoms with E-state index in [9.17, 15) is 4.79 Å². The molecule has 1 aromatic heterocycles. The van der Waals surface area contributed by atoms with Gasteiger partial charge in [0.15, 0.2) is 0 Å². The standard InChI is InChI=1S/C30H41N7O/c1-20-9-10-25(16-28(20)37(32)19-27(31)26-17-33-35(6)21(26)2)34-29(38)23-13-22(18-36-11-7-8-12-36)14-24(15-23)30(3,4)5/h9-10,13-17,19H,7-8,11-12,18,31-32H2,1-6H3,(H,34,38)/b27-19-. The Morgan fingerprint density at radius 2 is 1.84 bits per heavy atom. The number of nitrogens with two attached hydrogens (primary N) is 2. The number of rotatable bonds is 7. The molecule has 3 aromatic rings. The quantitative estimate of drug-likeness (QED) is 0.308. The maximum Gasteiger partial charge on any atom is 0.255 e. The Labute approximate surface area is 226 Å². The maximum atomic E-state index is 13.4. The monoisotopic (exact) mass is 515 g/mol. The zero-order chi connectivity index (χ0) is 27.6. The van der Waals surface area contributed by atoms with Crippen molar-refractivity contribution in [3.8, 4) is 0 Å². The van der Waals surface area contributed by atoms with Crippen LogP contribution in [-0.2, 0) is 19.0 Å². The van der Waals surface area contributed by atoms with Crippen LogP contribution in [-0.4, -0.2) is 33.7 Å². The van der Waals surface area contributed by atoms with Gasteiger partial charge in [0.05, 0.1) is 17.6 Å². The average Bonchev–Trinajstić information content (AvgIpc) is 3.49. The van der Waals surface area contributed by atoms with Crippen molar-refractivity contribution in [2.24, 2.45) is 18.6 Å². The summed E-state index contributed by atoms with van der Waals surface area (Å²) in [6.45, 7) is 13.6. The Bertz CT molecular complexity index is 1340. The number of benzene rings is 2. The van der Waals surface area contributed by atoms with Gasteiger partial charge in [0.1, 0.15) is 0 Å². The number of hydrogen-bond acceptors (Lipinski definition) is 6. The van der Waals surface area contributed by atoms with Gasteiger partial charge in [0.2, 0.25) is 0 Å². The minimum absolute atomic E-state index is 0.0635. The van der Waals surface area contributed by atoms with Gasteiger partial charge in [-0.3, -0.25) is 19.4 Å². The van der Waals surface area contributed by atoms with E-state index in [0.717, 1.165) is 47.7 Å². The minimum atomic E-state index is -0.141. The molecular formula is C30H41N7O. The highest BCUT2D eigenvalue weighted by Crippen LogP contribution is 2.28. The van der Waals surface area contributed by atoms with E-state index < -0.39 is 0 Å². The molecule has 4 rings (SSSR count). The average molecular weight is 516 g/mol. The topological polar surface area (TPSA) is 105 Å². The molecule has 8 heteroatoms. The predicted octanol–water partition coefficient (Wildman–Crippen LogP) is 4.82. The van der Waals surface area contributed by atoms with E-state index in [0.29, 0.717) is 16.9 Å². The largest absolute Gasteiger partial charge is 0.397 e. The molecule has 1 fully saturated rings. The number of hydrazine groups is 1. The number of carbonyl (C=O) groups excluding carboxylic acids is 1. The number of aryl methyl sites for hydroxylation is 2. The first-order valence-corrected chi connectivity index (χ1v) is 13.2. The first-order valence-electron chi connectivity index (χ1n) is 13.2. The van der Waals surface area contributed by atoms with Crippen molar-refractivity contribution in [1.82, 2.24) is 14.7 Å². The fraction of sp³-hybridized carbons (Fsp3) is 0.400. The van der Waals surface area contributed by atoms with E-state index in [4.69, 9.17) is 11.6 Å². The fourth-order valence-corrected chi connectivity index (χ4v) is 4.79. The third-order valence-electron chi connectivity index (χ3n) is 7.30. The summed E-state index contributed by atoms with van der Waals surface area (Å²) in [5.41, 5.74) is 13.9. The molecule has 202 valence electrons. The molecule has 2 heterocycles. The van der Waals surface area contributed by atoms with Crippen LogP contribution in [0.15, 0.2) is 48.8 Å². The summed E-state index contributed by atoms with van der Waals surface area (Å²) in [7, 11) is 1.87. The van der Waals surface area contributed by atoms with Crippen LogP contribution in [0.2, 0.25) is 0 Å². The second-order valence-corrected chi connectivity index (χ2v) is 11.4. The van der Waals surface area contributed by atoms with E-state index in [1.807, 2.05) is 51.2 Å². The zero-order valence-electron chi connectivity index (χ0n) is 23.5. The van der Waals surface area contributed by atoms with Crippen LogP contribution in [0.4, 0.5) is 11.4 Å². The Balaban J connectivity index is 1.57. The van der Waals surface area contributed by atoms with Crippen LogP contribution < -0.4 is 21.9 Å². The molecule has 0 bridgehead atoms.